The molecule has 26 heavy (non-hydrogen) atoms. The molecule has 2 aromatic rings. The zero-order valence-electron chi connectivity index (χ0n) is 15.7. The van der Waals surface area contributed by atoms with Gasteiger partial charge in [-0.05, 0) is 38.4 Å². The number of hydrogen-bond donors (Lipinski definition) is 0. The number of nitrogens with zero attached hydrogens (tertiary/aromatic N) is 2. The molecule has 1 aliphatic rings. The zero-order chi connectivity index (χ0) is 18.9. The van der Waals surface area contributed by atoms with Crippen LogP contribution in [-0.2, 0) is 19.9 Å². The van der Waals surface area contributed by atoms with Crippen molar-refractivity contribution in [2.45, 2.75) is 46.5 Å². The average molecular weight is 479 g/mol. The molecule has 0 amide bonds. The number of rotatable bonds is 4. The van der Waals surface area contributed by atoms with Gasteiger partial charge in [0.05, 0.1) is 0 Å². The summed E-state index contributed by atoms with van der Waals surface area (Å²) in [5.74, 6) is 0. The predicted octanol–water partition coefficient (Wildman–Crippen LogP) is 6.12. The molecule has 2 heterocycles. The predicted molar refractivity (Wildman–Crippen MR) is 112 cm³/mol. The Balaban J connectivity index is 0.000000190. The maximum absolute atomic E-state index is 5.68. The summed E-state index contributed by atoms with van der Waals surface area (Å²) < 4.78 is 2.00. The molecule has 1 saturated heterocycles. The van der Waals surface area contributed by atoms with Gasteiger partial charge in [0, 0.05) is 5.69 Å². The first-order valence-corrected chi connectivity index (χ1v) is 14.3. The van der Waals surface area contributed by atoms with Crippen LogP contribution < -0.4 is 4.90 Å². The number of aryl methyl sites for hydroxylation is 4. The Bertz CT molecular complexity index is 699. The Morgan fingerprint density at radius 1 is 1.19 bits per heavy atom. The number of pyridine rings is 1. The molecule has 0 bridgehead atoms. The van der Waals surface area contributed by atoms with Gasteiger partial charge in [0.25, 0.3) is 0 Å². The van der Waals surface area contributed by atoms with Gasteiger partial charge in [-0.1, -0.05) is 24.1 Å². The Labute approximate surface area is 171 Å². The second-order valence-corrected chi connectivity index (χ2v) is 12.4. The van der Waals surface area contributed by atoms with E-state index < -0.39 is 13.5 Å². The van der Waals surface area contributed by atoms with Gasteiger partial charge in [-0.3, -0.25) is 0 Å². The summed E-state index contributed by atoms with van der Waals surface area (Å²) in [6, 6.07) is 10.4. The van der Waals surface area contributed by atoms with Gasteiger partial charge in [0.15, 0.2) is 0 Å². The van der Waals surface area contributed by atoms with Gasteiger partial charge in [0.1, 0.15) is 0 Å². The van der Waals surface area contributed by atoms with Crippen LogP contribution in [0.3, 0.4) is 0 Å². The number of aromatic nitrogens is 1. The molecule has 0 N–H and O–H groups in total. The summed E-state index contributed by atoms with van der Waals surface area (Å²) in [4.78, 5) is 6.59. The Morgan fingerprint density at radius 3 is 2.46 bits per heavy atom. The van der Waals surface area contributed by atoms with Gasteiger partial charge in [0.2, 0.25) is 0 Å². The fourth-order valence-electron chi connectivity index (χ4n) is 3.25. The van der Waals surface area contributed by atoms with E-state index in [0.717, 1.165) is 18.5 Å². The fraction of sp³-hybridized carbons (Fsp3) is 0.381. The van der Waals surface area contributed by atoms with Gasteiger partial charge >= 0.3 is 85.4 Å². The van der Waals surface area contributed by atoms with Crippen LogP contribution in [-0.4, -0.2) is 16.1 Å². The SMILES string of the molecule is Cc1cc(C)c(N2[CH-]CCC2)c(C)c1.[Cl][Ru]([Cl])=[CH]CCc1ccccn1. The van der Waals surface area contributed by atoms with Crippen molar-refractivity contribution < 1.29 is 13.5 Å². The van der Waals surface area contributed by atoms with Crippen molar-refractivity contribution in [1.82, 2.24) is 4.98 Å². The third-order valence-corrected chi connectivity index (χ3v) is 6.54. The van der Waals surface area contributed by atoms with Gasteiger partial charge in [-0.15, -0.1) is 0 Å². The third-order valence-electron chi connectivity index (χ3n) is 4.21. The van der Waals surface area contributed by atoms with Crippen molar-refractivity contribution in [2.75, 3.05) is 11.4 Å². The standard InChI is InChI=1S/C13H18N.C8H9N.2ClH.Ru/c1-10-8-11(2)13(12(3)9-10)14-6-4-5-7-14;1-2-5-8-6-3-4-7-9-8;;;/h6,8-9H,4-5,7H2,1-3H3;1,3-4,6-7H,2,5H2;2*1H;/q-1;;;;+2/p-2. The third kappa shape index (κ3) is 7.10. The van der Waals surface area contributed by atoms with E-state index in [1.165, 1.54) is 41.8 Å². The van der Waals surface area contributed by atoms with Crippen LogP contribution in [0.5, 0.6) is 0 Å². The normalized spacial score (nSPS) is 13.9. The molecule has 0 saturated carbocycles. The topological polar surface area (TPSA) is 16.1 Å². The Morgan fingerprint density at radius 2 is 1.92 bits per heavy atom. The molecule has 1 aromatic carbocycles. The summed E-state index contributed by atoms with van der Waals surface area (Å²) >= 11 is -1.56. The first kappa shape index (κ1) is 21.5. The van der Waals surface area contributed by atoms with E-state index in [-0.39, 0.29) is 0 Å². The molecular formula is C21H27Cl2N2Ru-. The van der Waals surface area contributed by atoms with Gasteiger partial charge in [-0.25, -0.2) is 6.54 Å². The number of anilines is 1. The van der Waals surface area contributed by atoms with Crippen molar-refractivity contribution in [3.05, 3.63) is 65.5 Å². The first-order chi connectivity index (χ1) is 12.5. The molecular weight excluding hydrogens is 452 g/mol. The van der Waals surface area contributed by atoms with Crippen LogP contribution in [0.25, 0.3) is 0 Å². The average Bonchev–Trinajstić information content (AvgIpc) is 3.09. The molecule has 0 unspecified atom stereocenters. The monoisotopic (exact) mass is 479 g/mol. The van der Waals surface area contributed by atoms with E-state index in [2.05, 4.69) is 49.3 Å². The van der Waals surface area contributed by atoms with Gasteiger partial charge < -0.3 is 4.90 Å². The van der Waals surface area contributed by atoms with E-state index in [1.807, 2.05) is 22.8 Å². The molecule has 5 heteroatoms. The van der Waals surface area contributed by atoms with Crippen LogP contribution >= 0.6 is 19.4 Å². The quantitative estimate of drug-likeness (QED) is 0.388. The summed E-state index contributed by atoms with van der Waals surface area (Å²) in [6.07, 6.45) is 6.19. The van der Waals surface area contributed by atoms with Crippen molar-refractivity contribution >= 4 is 29.7 Å². The van der Waals surface area contributed by atoms with Crippen molar-refractivity contribution in [2.24, 2.45) is 0 Å². The summed E-state index contributed by atoms with van der Waals surface area (Å²) in [7, 11) is 11.4. The van der Waals surface area contributed by atoms with Crippen molar-refractivity contribution in [3.8, 4) is 0 Å². The molecule has 1 fully saturated rings. The van der Waals surface area contributed by atoms with Crippen LogP contribution in [0.1, 0.15) is 41.6 Å². The second kappa shape index (κ2) is 11.2. The maximum atomic E-state index is 5.68. The summed E-state index contributed by atoms with van der Waals surface area (Å²) in [5, 5.41) is 0. The van der Waals surface area contributed by atoms with Crippen LogP contribution in [0.2, 0.25) is 0 Å². The molecule has 2 nitrogen and oxygen atoms in total. The van der Waals surface area contributed by atoms with Crippen molar-refractivity contribution in [1.29, 1.82) is 0 Å². The molecule has 144 valence electrons. The molecule has 0 aliphatic carbocycles. The molecule has 0 radical (unpaired) electrons. The minimum absolute atomic E-state index is 0.933. The molecule has 0 spiro atoms. The zero-order valence-corrected chi connectivity index (χ0v) is 18.9. The number of hydrogen-bond acceptors (Lipinski definition) is 2. The molecule has 1 aromatic heterocycles. The van der Waals surface area contributed by atoms with Crippen LogP contribution in [0.4, 0.5) is 5.69 Å². The molecule has 1 aliphatic heterocycles. The first-order valence-electron chi connectivity index (χ1n) is 8.86. The van der Waals surface area contributed by atoms with Crippen molar-refractivity contribution in [3.63, 3.8) is 0 Å². The number of benzene rings is 1. The van der Waals surface area contributed by atoms with E-state index in [0.29, 0.717) is 0 Å². The minimum atomic E-state index is -1.56. The van der Waals surface area contributed by atoms with E-state index in [1.54, 1.807) is 6.20 Å². The van der Waals surface area contributed by atoms with E-state index in [9.17, 15) is 0 Å². The van der Waals surface area contributed by atoms with Crippen LogP contribution in [0, 0.1) is 27.3 Å². The van der Waals surface area contributed by atoms with Gasteiger partial charge in [-0.2, -0.15) is 6.42 Å². The number of halogens is 2. The van der Waals surface area contributed by atoms with E-state index >= 15 is 0 Å². The summed E-state index contributed by atoms with van der Waals surface area (Å²) in [6.45, 7) is 10.1. The Hall–Kier alpha value is -0.757. The summed E-state index contributed by atoms with van der Waals surface area (Å²) in [5.41, 5.74) is 6.69. The van der Waals surface area contributed by atoms with Crippen LogP contribution in [0.15, 0.2) is 36.5 Å². The fourth-order valence-corrected chi connectivity index (χ4v) is 4.79. The van der Waals surface area contributed by atoms with E-state index in [4.69, 9.17) is 19.4 Å². The second-order valence-electron chi connectivity index (χ2n) is 6.47. The Kier molecular flexibility index (Phi) is 9.25. The molecule has 3 rings (SSSR count). The molecule has 0 atom stereocenters.